The Labute approximate surface area is 168 Å². The Bertz CT molecular complexity index is 1120. The first-order valence-corrected chi connectivity index (χ1v) is 9.91. The molecule has 0 fully saturated rings. The first kappa shape index (κ1) is 19.1. The number of fused-ring (bicyclic) bond motifs is 1. The van der Waals surface area contributed by atoms with Gasteiger partial charge in [-0.15, -0.1) is 0 Å². The van der Waals surface area contributed by atoms with Crippen LogP contribution in [-0.2, 0) is 19.4 Å². The van der Waals surface area contributed by atoms with Gasteiger partial charge in [-0.2, -0.15) is 0 Å². The van der Waals surface area contributed by atoms with Crippen LogP contribution in [0.4, 0.5) is 4.39 Å². The van der Waals surface area contributed by atoms with E-state index in [1.165, 1.54) is 11.6 Å². The van der Waals surface area contributed by atoms with Gasteiger partial charge in [0, 0.05) is 28.9 Å². The number of rotatable bonds is 4. The molecular formula is C24H23FN2O2. The van der Waals surface area contributed by atoms with Crippen LogP contribution in [0.1, 0.15) is 45.6 Å². The number of aryl methyl sites for hydroxylation is 1. The van der Waals surface area contributed by atoms with Crippen molar-refractivity contribution >= 4 is 5.91 Å². The molecule has 1 heterocycles. The number of amides is 1. The van der Waals surface area contributed by atoms with E-state index in [0.717, 1.165) is 42.5 Å². The predicted octanol–water partition coefficient (Wildman–Crippen LogP) is 4.30. The molecule has 0 radical (unpaired) electrons. The van der Waals surface area contributed by atoms with E-state index in [2.05, 4.69) is 10.3 Å². The van der Waals surface area contributed by atoms with Gasteiger partial charge in [0.2, 0.25) is 0 Å². The van der Waals surface area contributed by atoms with Gasteiger partial charge in [-0.3, -0.25) is 9.59 Å². The van der Waals surface area contributed by atoms with Crippen molar-refractivity contribution < 1.29 is 9.18 Å². The minimum absolute atomic E-state index is 0.138. The van der Waals surface area contributed by atoms with Crippen molar-refractivity contribution in [1.29, 1.82) is 0 Å². The van der Waals surface area contributed by atoms with Crippen molar-refractivity contribution in [3.05, 3.63) is 92.6 Å². The molecule has 0 bridgehead atoms. The monoisotopic (exact) mass is 390 g/mol. The molecule has 1 aromatic heterocycles. The van der Waals surface area contributed by atoms with Crippen LogP contribution in [0.2, 0.25) is 0 Å². The summed E-state index contributed by atoms with van der Waals surface area (Å²) < 4.78 is 14.6. The van der Waals surface area contributed by atoms with E-state index in [1.807, 2.05) is 37.3 Å². The van der Waals surface area contributed by atoms with Crippen LogP contribution in [0.5, 0.6) is 0 Å². The predicted molar refractivity (Wildman–Crippen MR) is 111 cm³/mol. The number of nitrogens with one attached hydrogen (secondary N) is 2. The van der Waals surface area contributed by atoms with Crippen LogP contribution in [0, 0.1) is 12.7 Å². The highest BCUT2D eigenvalue weighted by Crippen LogP contribution is 2.25. The highest BCUT2D eigenvalue weighted by atomic mass is 19.1. The Morgan fingerprint density at radius 1 is 1.07 bits per heavy atom. The summed E-state index contributed by atoms with van der Waals surface area (Å²) in [7, 11) is 0. The molecule has 0 atom stereocenters. The Balaban J connectivity index is 1.54. The third kappa shape index (κ3) is 3.86. The SMILES string of the molecule is Cc1[nH]c(=O)c(CNC(=O)c2ccc(-c3ccccc3)c(F)c2)c2c1CCCC2. The Morgan fingerprint density at radius 3 is 2.52 bits per heavy atom. The molecule has 1 aliphatic carbocycles. The van der Waals surface area contributed by atoms with Crippen LogP contribution in [-0.4, -0.2) is 10.9 Å². The molecule has 4 rings (SSSR count). The molecule has 29 heavy (non-hydrogen) atoms. The third-order valence-corrected chi connectivity index (χ3v) is 5.60. The van der Waals surface area contributed by atoms with E-state index in [-0.39, 0.29) is 17.7 Å². The first-order valence-electron chi connectivity index (χ1n) is 9.91. The van der Waals surface area contributed by atoms with Crippen molar-refractivity contribution in [2.75, 3.05) is 0 Å². The van der Waals surface area contributed by atoms with E-state index in [0.29, 0.717) is 11.1 Å². The van der Waals surface area contributed by atoms with E-state index in [1.54, 1.807) is 12.1 Å². The molecule has 2 N–H and O–H groups in total. The summed E-state index contributed by atoms with van der Waals surface area (Å²) in [5.41, 5.74) is 5.06. The summed E-state index contributed by atoms with van der Waals surface area (Å²) in [5.74, 6) is -0.845. The lowest BCUT2D eigenvalue weighted by molar-refractivity contribution is 0.0950. The van der Waals surface area contributed by atoms with Gasteiger partial charge in [-0.1, -0.05) is 36.4 Å². The van der Waals surface area contributed by atoms with Crippen LogP contribution in [0.15, 0.2) is 53.3 Å². The number of hydrogen-bond donors (Lipinski definition) is 2. The molecule has 5 heteroatoms. The average molecular weight is 390 g/mol. The van der Waals surface area contributed by atoms with Crippen molar-refractivity contribution in [1.82, 2.24) is 10.3 Å². The lowest BCUT2D eigenvalue weighted by Crippen LogP contribution is -2.30. The molecule has 4 nitrogen and oxygen atoms in total. The lowest BCUT2D eigenvalue weighted by atomic mass is 9.88. The van der Waals surface area contributed by atoms with Crippen LogP contribution >= 0.6 is 0 Å². The smallest absolute Gasteiger partial charge is 0.253 e. The maximum absolute atomic E-state index is 14.6. The van der Waals surface area contributed by atoms with Gasteiger partial charge in [-0.25, -0.2) is 4.39 Å². The first-order chi connectivity index (χ1) is 14.0. The number of pyridine rings is 1. The molecule has 148 valence electrons. The highest BCUT2D eigenvalue weighted by molar-refractivity contribution is 5.94. The zero-order valence-corrected chi connectivity index (χ0v) is 16.3. The van der Waals surface area contributed by atoms with E-state index < -0.39 is 11.7 Å². The summed E-state index contributed by atoms with van der Waals surface area (Å²) >= 11 is 0. The topological polar surface area (TPSA) is 62.0 Å². The van der Waals surface area contributed by atoms with Crippen LogP contribution in [0.25, 0.3) is 11.1 Å². The third-order valence-electron chi connectivity index (χ3n) is 5.60. The number of aromatic amines is 1. The summed E-state index contributed by atoms with van der Waals surface area (Å²) in [6, 6.07) is 13.7. The minimum Gasteiger partial charge on any atom is -0.348 e. The number of benzene rings is 2. The second-order valence-electron chi connectivity index (χ2n) is 7.47. The Morgan fingerprint density at radius 2 is 1.79 bits per heavy atom. The van der Waals surface area contributed by atoms with Crippen molar-refractivity contribution in [2.45, 2.75) is 39.2 Å². The molecule has 0 unspecified atom stereocenters. The Kier molecular flexibility index (Phi) is 5.30. The Hall–Kier alpha value is -3.21. The maximum atomic E-state index is 14.6. The molecule has 1 aliphatic rings. The molecule has 0 saturated carbocycles. The number of hydrogen-bond acceptors (Lipinski definition) is 2. The van der Waals surface area contributed by atoms with E-state index in [4.69, 9.17) is 0 Å². The normalized spacial score (nSPS) is 13.0. The standard InChI is InChI=1S/C24H23FN2O2/c1-15-18-9-5-6-10-20(18)21(24(29)27-15)14-26-23(28)17-11-12-19(22(25)13-17)16-7-3-2-4-8-16/h2-4,7-8,11-13H,5-6,9-10,14H2,1H3,(H,26,28)(H,27,29). The fourth-order valence-electron chi connectivity index (χ4n) is 4.08. The summed E-state index contributed by atoms with van der Waals surface area (Å²) in [6.45, 7) is 2.06. The average Bonchev–Trinajstić information content (AvgIpc) is 2.74. The number of carbonyl (C=O) groups is 1. The molecule has 1 amide bonds. The molecule has 3 aromatic rings. The van der Waals surface area contributed by atoms with Crippen molar-refractivity contribution in [2.24, 2.45) is 0 Å². The van der Waals surface area contributed by atoms with Gasteiger partial charge < -0.3 is 10.3 Å². The number of aromatic nitrogens is 1. The summed E-state index contributed by atoms with van der Waals surface area (Å²) in [6.07, 6.45) is 3.96. The van der Waals surface area contributed by atoms with Gasteiger partial charge in [0.1, 0.15) is 5.82 Å². The number of H-pyrrole nitrogens is 1. The van der Waals surface area contributed by atoms with Gasteiger partial charge in [0.25, 0.3) is 11.5 Å². The minimum atomic E-state index is -0.450. The van der Waals surface area contributed by atoms with E-state index in [9.17, 15) is 14.0 Å². The zero-order valence-electron chi connectivity index (χ0n) is 16.3. The fraction of sp³-hybridized carbons (Fsp3) is 0.250. The maximum Gasteiger partial charge on any atom is 0.253 e. The van der Waals surface area contributed by atoms with Crippen LogP contribution < -0.4 is 10.9 Å². The summed E-state index contributed by atoms with van der Waals surface area (Å²) in [5, 5.41) is 2.79. The van der Waals surface area contributed by atoms with Gasteiger partial charge >= 0.3 is 0 Å². The molecule has 0 aliphatic heterocycles. The quantitative estimate of drug-likeness (QED) is 0.698. The molecule has 2 aromatic carbocycles. The van der Waals surface area contributed by atoms with Crippen LogP contribution in [0.3, 0.4) is 0 Å². The van der Waals surface area contributed by atoms with Gasteiger partial charge in [0.15, 0.2) is 0 Å². The van der Waals surface area contributed by atoms with Crippen molar-refractivity contribution in [3.63, 3.8) is 0 Å². The number of halogens is 1. The second kappa shape index (κ2) is 8.03. The number of carbonyl (C=O) groups excluding carboxylic acids is 1. The van der Waals surface area contributed by atoms with Gasteiger partial charge in [0.05, 0.1) is 0 Å². The fourth-order valence-corrected chi connectivity index (χ4v) is 4.08. The molecule has 0 saturated heterocycles. The highest BCUT2D eigenvalue weighted by Gasteiger charge is 2.19. The zero-order chi connectivity index (χ0) is 20.4. The van der Waals surface area contributed by atoms with E-state index >= 15 is 0 Å². The van der Waals surface area contributed by atoms with Gasteiger partial charge in [-0.05, 0) is 61.4 Å². The summed E-state index contributed by atoms with van der Waals surface area (Å²) in [4.78, 5) is 27.9. The lowest BCUT2D eigenvalue weighted by Gasteiger charge is -2.21. The largest absolute Gasteiger partial charge is 0.348 e. The second-order valence-corrected chi connectivity index (χ2v) is 7.47. The molecule has 0 spiro atoms. The molecular weight excluding hydrogens is 367 g/mol. The van der Waals surface area contributed by atoms with Crippen molar-refractivity contribution in [3.8, 4) is 11.1 Å².